The summed E-state index contributed by atoms with van der Waals surface area (Å²) in [5, 5.41) is 0. The van der Waals surface area contributed by atoms with Gasteiger partial charge in [-0.2, -0.15) is 13.2 Å². The zero-order chi connectivity index (χ0) is 22.7. The first kappa shape index (κ1) is 23.7. The Bertz CT molecular complexity index is 955. The Morgan fingerprint density at radius 1 is 1.00 bits per heavy atom. The summed E-state index contributed by atoms with van der Waals surface area (Å²) in [6.45, 7) is 5.12. The maximum absolute atomic E-state index is 10.7. The van der Waals surface area contributed by atoms with Crippen LogP contribution < -0.4 is 0 Å². The molecule has 4 atom stereocenters. The number of alkyl halides is 3. The Labute approximate surface area is 181 Å². The SMILES string of the molecule is C[N+]12CCN(C[C@@H]1Cc1ccccc1)[C@@H](Cc1ccccc1)C2.O=S(=O)([O-])C(F)(F)F. The van der Waals surface area contributed by atoms with Crippen molar-refractivity contribution in [2.75, 3.05) is 33.2 Å². The fourth-order valence-corrected chi connectivity index (χ4v) is 4.52. The molecule has 2 unspecified atom stereocenters. The van der Waals surface area contributed by atoms with Crippen molar-refractivity contribution in [2.24, 2.45) is 0 Å². The first-order chi connectivity index (χ1) is 14.5. The van der Waals surface area contributed by atoms with Gasteiger partial charge < -0.3 is 9.04 Å². The molecule has 3 aliphatic heterocycles. The van der Waals surface area contributed by atoms with Crippen LogP contribution in [0.25, 0.3) is 0 Å². The average molecular weight is 457 g/mol. The van der Waals surface area contributed by atoms with Crippen molar-refractivity contribution in [3.05, 3.63) is 71.8 Å². The number of hydrogen-bond donors (Lipinski definition) is 0. The normalized spacial score (nSPS) is 28.0. The summed E-state index contributed by atoms with van der Waals surface area (Å²) >= 11 is 0. The third-order valence-electron chi connectivity index (χ3n) is 6.28. The van der Waals surface area contributed by atoms with Crippen LogP contribution in [0, 0.1) is 0 Å². The van der Waals surface area contributed by atoms with Gasteiger partial charge in [-0.15, -0.1) is 0 Å². The van der Waals surface area contributed by atoms with Gasteiger partial charge in [0.05, 0.1) is 32.7 Å². The van der Waals surface area contributed by atoms with Crippen LogP contribution in [0.15, 0.2) is 60.7 Å². The molecule has 5 nitrogen and oxygen atoms in total. The minimum Gasteiger partial charge on any atom is -0.741 e. The lowest BCUT2D eigenvalue weighted by atomic mass is 9.91. The summed E-state index contributed by atoms with van der Waals surface area (Å²) in [5.74, 6) is 0. The van der Waals surface area contributed by atoms with Crippen LogP contribution in [0.1, 0.15) is 11.1 Å². The molecule has 5 rings (SSSR count). The molecule has 0 aliphatic carbocycles. The number of fused-ring (bicyclic) bond motifs is 3. The van der Waals surface area contributed by atoms with Gasteiger partial charge >= 0.3 is 5.51 Å². The van der Waals surface area contributed by atoms with Crippen LogP contribution in [-0.2, 0) is 23.0 Å². The first-order valence-corrected chi connectivity index (χ1v) is 11.6. The number of hydrogen-bond acceptors (Lipinski definition) is 4. The van der Waals surface area contributed by atoms with Crippen LogP contribution in [-0.4, -0.2) is 73.2 Å². The van der Waals surface area contributed by atoms with Crippen molar-refractivity contribution in [3.63, 3.8) is 0 Å². The van der Waals surface area contributed by atoms with E-state index in [9.17, 15) is 13.2 Å². The molecule has 31 heavy (non-hydrogen) atoms. The smallest absolute Gasteiger partial charge is 0.485 e. The molecule has 0 spiro atoms. The van der Waals surface area contributed by atoms with Gasteiger partial charge in [0.25, 0.3) is 0 Å². The van der Waals surface area contributed by atoms with E-state index in [0.29, 0.717) is 6.04 Å². The second-order valence-corrected chi connectivity index (χ2v) is 9.84. The summed E-state index contributed by atoms with van der Waals surface area (Å²) < 4.78 is 60.2. The molecule has 9 heteroatoms. The van der Waals surface area contributed by atoms with Crippen LogP contribution in [0.4, 0.5) is 13.2 Å². The lowest BCUT2D eigenvalue weighted by Gasteiger charge is -2.57. The lowest BCUT2D eigenvalue weighted by molar-refractivity contribution is -0.950. The zero-order valence-electron chi connectivity index (χ0n) is 17.3. The van der Waals surface area contributed by atoms with E-state index in [1.807, 2.05) is 0 Å². The lowest BCUT2D eigenvalue weighted by Crippen LogP contribution is -2.74. The van der Waals surface area contributed by atoms with Crippen LogP contribution in [0.3, 0.4) is 0 Å². The molecule has 2 bridgehead atoms. The van der Waals surface area contributed by atoms with Crippen LogP contribution >= 0.6 is 0 Å². The van der Waals surface area contributed by atoms with Crippen molar-refractivity contribution >= 4 is 10.1 Å². The summed E-state index contributed by atoms with van der Waals surface area (Å²) in [7, 11) is -3.60. The third kappa shape index (κ3) is 6.06. The summed E-state index contributed by atoms with van der Waals surface area (Å²) in [6, 6.07) is 23.5. The van der Waals surface area contributed by atoms with Crippen molar-refractivity contribution in [1.82, 2.24) is 4.90 Å². The Balaban J connectivity index is 0.000000293. The molecule has 0 amide bonds. The summed E-state index contributed by atoms with van der Waals surface area (Å²) in [5.41, 5.74) is -2.67. The molecule has 0 radical (unpaired) electrons. The largest absolute Gasteiger partial charge is 0.741 e. The third-order valence-corrected chi connectivity index (χ3v) is 6.85. The van der Waals surface area contributed by atoms with Crippen molar-refractivity contribution < 1.29 is 30.6 Å². The predicted octanol–water partition coefficient (Wildman–Crippen LogP) is 3.04. The Morgan fingerprint density at radius 2 is 1.48 bits per heavy atom. The Hall–Kier alpha value is -1.94. The van der Waals surface area contributed by atoms with E-state index in [4.69, 9.17) is 13.0 Å². The van der Waals surface area contributed by atoms with Gasteiger partial charge in [-0.25, -0.2) is 8.42 Å². The molecule has 2 aromatic carbocycles. The average Bonchev–Trinajstić information content (AvgIpc) is 2.70. The van der Waals surface area contributed by atoms with Crippen LogP contribution in [0.5, 0.6) is 0 Å². The standard InChI is InChI=1S/C21H27N2.CHF3O3S/c1-23-13-12-22(16-21(23)15-19-10-6-3-7-11-19)20(17-23)14-18-8-4-2-5-9-18;2-1(3,4)8(5,6)7/h2-11,20-21H,12-17H2,1H3;(H,5,6,7)/q+1;/p-1/t20-,21-,23?;/m0./s1. The molecule has 2 aromatic rings. The molecule has 170 valence electrons. The molecule has 0 N–H and O–H groups in total. The molecule has 3 saturated heterocycles. The number of quaternary nitrogens is 1. The van der Waals surface area contributed by atoms with Crippen molar-refractivity contribution in [2.45, 2.75) is 30.4 Å². The van der Waals surface area contributed by atoms with Gasteiger partial charge in [0.15, 0.2) is 10.1 Å². The van der Waals surface area contributed by atoms with Gasteiger partial charge in [0.1, 0.15) is 6.04 Å². The molecule has 0 saturated carbocycles. The molecule has 3 aliphatic rings. The van der Waals surface area contributed by atoms with E-state index >= 15 is 0 Å². The number of rotatable bonds is 4. The minimum atomic E-state index is -6.09. The number of benzene rings is 2. The molecule has 3 heterocycles. The Morgan fingerprint density at radius 3 is 1.94 bits per heavy atom. The van der Waals surface area contributed by atoms with Gasteiger partial charge in [0, 0.05) is 13.0 Å². The summed E-state index contributed by atoms with van der Waals surface area (Å²) in [4.78, 5) is 2.75. The highest BCUT2D eigenvalue weighted by molar-refractivity contribution is 7.86. The Kier molecular flexibility index (Phi) is 7.10. The first-order valence-electron chi connectivity index (χ1n) is 10.2. The van der Waals surface area contributed by atoms with E-state index in [0.717, 1.165) is 6.04 Å². The van der Waals surface area contributed by atoms with Crippen LogP contribution in [0.2, 0.25) is 0 Å². The van der Waals surface area contributed by atoms with E-state index < -0.39 is 15.6 Å². The second-order valence-electron chi connectivity index (χ2n) is 8.47. The maximum Gasteiger partial charge on any atom is 0.485 e. The molecular formula is C22H27F3N2O3S. The molecule has 3 fully saturated rings. The van der Waals surface area contributed by atoms with Gasteiger partial charge in [0.2, 0.25) is 0 Å². The van der Waals surface area contributed by atoms with Crippen molar-refractivity contribution in [3.8, 4) is 0 Å². The zero-order valence-corrected chi connectivity index (χ0v) is 18.1. The maximum atomic E-state index is 10.7. The number of nitrogens with zero attached hydrogens (tertiary/aromatic N) is 2. The second kappa shape index (κ2) is 9.28. The number of piperazine rings is 3. The van der Waals surface area contributed by atoms with E-state index in [2.05, 4.69) is 72.6 Å². The fraction of sp³-hybridized carbons (Fsp3) is 0.455. The highest BCUT2D eigenvalue weighted by Gasteiger charge is 2.47. The molecule has 0 aromatic heterocycles. The van der Waals surface area contributed by atoms with Crippen molar-refractivity contribution in [1.29, 1.82) is 0 Å². The van der Waals surface area contributed by atoms with Gasteiger partial charge in [-0.3, -0.25) is 4.90 Å². The van der Waals surface area contributed by atoms with Gasteiger partial charge in [-0.05, 0) is 17.5 Å². The van der Waals surface area contributed by atoms with E-state index in [-0.39, 0.29) is 0 Å². The van der Waals surface area contributed by atoms with E-state index in [1.165, 1.54) is 54.6 Å². The predicted molar refractivity (Wildman–Crippen MR) is 111 cm³/mol. The van der Waals surface area contributed by atoms with Gasteiger partial charge in [-0.1, -0.05) is 60.7 Å². The fourth-order valence-electron chi connectivity index (χ4n) is 4.52. The van der Waals surface area contributed by atoms with E-state index in [1.54, 1.807) is 0 Å². The highest BCUT2D eigenvalue weighted by atomic mass is 32.2. The quantitative estimate of drug-likeness (QED) is 0.403. The topological polar surface area (TPSA) is 60.4 Å². The number of halogens is 3. The minimum absolute atomic E-state index is 0.711. The summed E-state index contributed by atoms with van der Waals surface area (Å²) in [6.07, 6.45) is 2.42. The highest BCUT2D eigenvalue weighted by Crippen LogP contribution is 2.31. The monoisotopic (exact) mass is 456 g/mol. The number of likely N-dealkylation sites (N-methyl/N-ethyl adjacent to an activating group) is 1. The molecular weight excluding hydrogens is 429 g/mol.